The molecule has 0 spiro atoms. The van der Waals surface area contributed by atoms with Gasteiger partial charge in [0.15, 0.2) is 11.2 Å². The third kappa shape index (κ3) is 3.42. The molecule has 4 rings (SSSR count). The standard InChI is InChI=1S/C7H4ClNO4S.C7H5NO2/c8-14(11,12)4-1-2-5-6(3-4)13-7(10)9-5;9-7-8-5-3-1-2-4-6(5)10-7/h1-3H,(H,9,10);1-4H,(H,8,9). The Bertz CT molecular complexity index is 1200. The molecule has 124 valence electrons. The zero-order chi connectivity index (χ0) is 17.3. The van der Waals surface area contributed by atoms with Gasteiger partial charge >= 0.3 is 11.5 Å². The van der Waals surface area contributed by atoms with Gasteiger partial charge in [0.2, 0.25) is 0 Å². The van der Waals surface area contributed by atoms with Crippen molar-refractivity contribution in [2.24, 2.45) is 0 Å². The Kier molecular flexibility index (Phi) is 4.04. The molecule has 2 N–H and O–H groups in total. The maximum absolute atomic E-state index is 10.9. The van der Waals surface area contributed by atoms with Crippen LogP contribution in [0.1, 0.15) is 0 Å². The van der Waals surface area contributed by atoms with Crippen molar-refractivity contribution in [2.45, 2.75) is 4.90 Å². The highest BCUT2D eigenvalue weighted by Crippen LogP contribution is 2.19. The van der Waals surface area contributed by atoms with Gasteiger partial charge < -0.3 is 8.83 Å². The van der Waals surface area contributed by atoms with E-state index in [0.717, 1.165) is 5.52 Å². The lowest BCUT2D eigenvalue weighted by Gasteiger charge is -1.93. The summed E-state index contributed by atoms with van der Waals surface area (Å²) in [6.45, 7) is 0. The predicted octanol–water partition coefficient (Wildman–Crippen LogP) is 2.17. The quantitative estimate of drug-likeness (QED) is 0.496. The third-order valence-corrected chi connectivity index (χ3v) is 4.35. The molecule has 0 aliphatic carbocycles. The third-order valence-electron chi connectivity index (χ3n) is 3.00. The summed E-state index contributed by atoms with van der Waals surface area (Å²) >= 11 is 0. The van der Waals surface area contributed by atoms with Gasteiger partial charge in [-0.15, -0.1) is 0 Å². The Labute approximate surface area is 138 Å². The van der Waals surface area contributed by atoms with E-state index in [0.29, 0.717) is 11.1 Å². The van der Waals surface area contributed by atoms with Gasteiger partial charge in [-0.2, -0.15) is 0 Å². The molecule has 2 aromatic heterocycles. The maximum atomic E-state index is 10.9. The van der Waals surface area contributed by atoms with Crippen molar-refractivity contribution in [1.82, 2.24) is 9.97 Å². The minimum atomic E-state index is -3.79. The summed E-state index contributed by atoms with van der Waals surface area (Å²) < 4.78 is 31.3. The van der Waals surface area contributed by atoms with E-state index < -0.39 is 20.6 Å². The Morgan fingerprint density at radius 2 is 1.42 bits per heavy atom. The smallest absolute Gasteiger partial charge is 0.408 e. The summed E-state index contributed by atoms with van der Waals surface area (Å²) in [7, 11) is 1.32. The van der Waals surface area contributed by atoms with Gasteiger partial charge in [0.05, 0.1) is 15.9 Å². The molecule has 0 saturated carbocycles. The van der Waals surface area contributed by atoms with E-state index in [1.165, 1.54) is 18.2 Å². The van der Waals surface area contributed by atoms with E-state index in [1.54, 1.807) is 12.1 Å². The van der Waals surface area contributed by atoms with Crippen LogP contribution >= 0.6 is 10.7 Å². The zero-order valence-electron chi connectivity index (χ0n) is 11.8. The lowest BCUT2D eigenvalue weighted by Crippen LogP contribution is -1.92. The number of oxazole rings is 2. The first-order valence-electron chi connectivity index (χ1n) is 6.48. The van der Waals surface area contributed by atoms with Gasteiger partial charge in [-0.05, 0) is 24.3 Å². The second-order valence-electron chi connectivity index (χ2n) is 4.62. The minimum Gasteiger partial charge on any atom is -0.408 e. The number of para-hydroxylation sites is 2. The molecule has 0 fully saturated rings. The van der Waals surface area contributed by atoms with Gasteiger partial charge in [-0.1, -0.05) is 12.1 Å². The van der Waals surface area contributed by atoms with Crippen LogP contribution in [0.2, 0.25) is 0 Å². The van der Waals surface area contributed by atoms with Crippen LogP contribution in [-0.2, 0) is 9.05 Å². The average molecular weight is 369 g/mol. The number of aromatic amines is 2. The summed E-state index contributed by atoms with van der Waals surface area (Å²) in [5, 5.41) is 0. The molecule has 0 aliphatic heterocycles. The van der Waals surface area contributed by atoms with Crippen molar-refractivity contribution in [3.8, 4) is 0 Å². The number of hydrogen-bond donors (Lipinski definition) is 2. The molecule has 0 unspecified atom stereocenters. The van der Waals surface area contributed by atoms with Crippen LogP contribution in [0.4, 0.5) is 0 Å². The molecule has 0 aliphatic rings. The van der Waals surface area contributed by atoms with Gasteiger partial charge in [-0.25, -0.2) is 18.0 Å². The van der Waals surface area contributed by atoms with E-state index in [-0.39, 0.29) is 10.5 Å². The minimum absolute atomic E-state index is 0.102. The van der Waals surface area contributed by atoms with Crippen molar-refractivity contribution in [3.05, 3.63) is 63.6 Å². The monoisotopic (exact) mass is 368 g/mol. The van der Waals surface area contributed by atoms with Crippen LogP contribution in [0.3, 0.4) is 0 Å². The summed E-state index contributed by atoms with van der Waals surface area (Å²) in [5.74, 6) is -1.04. The van der Waals surface area contributed by atoms with Crippen molar-refractivity contribution < 1.29 is 17.3 Å². The largest absolute Gasteiger partial charge is 0.417 e. The molecule has 4 aromatic rings. The average Bonchev–Trinajstić information content (AvgIpc) is 3.06. The summed E-state index contributed by atoms with van der Waals surface area (Å²) in [6, 6.07) is 11.1. The van der Waals surface area contributed by atoms with Gasteiger partial charge in [-0.3, -0.25) is 9.97 Å². The summed E-state index contributed by atoms with van der Waals surface area (Å²) in [6.07, 6.45) is 0. The molecule has 0 saturated heterocycles. The van der Waals surface area contributed by atoms with Crippen molar-refractivity contribution in [2.75, 3.05) is 0 Å². The SMILES string of the molecule is O=c1[nH]c2ccc(S(=O)(=O)Cl)cc2o1.O=c1[nH]c2ccccc2o1. The van der Waals surface area contributed by atoms with E-state index in [1.807, 2.05) is 12.1 Å². The molecule has 10 heteroatoms. The number of fused-ring (bicyclic) bond motifs is 2. The van der Waals surface area contributed by atoms with E-state index >= 15 is 0 Å². The van der Waals surface area contributed by atoms with Crippen LogP contribution in [-0.4, -0.2) is 18.4 Å². The first-order valence-corrected chi connectivity index (χ1v) is 8.79. The molecule has 2 heterocycles. The number of nitrogens with one attached hydrogen (secondary N) is 2. The Morgan fingerprint density at radius 1 is 0.833 bits per heavy atom. The fraction of sp³-hybridized carbons (Fsp3) is 0. The van der Waals surface area contributed by atoms with Crippen molar-refractivity contribution in [1.29, 1.82) is 0 Å². The fourth-order valence-electron chi connectivity index (χ4n) is 1.97. The summed E-state index contributed by atoms with van der Waals surface area (Å²) in [4.78, 5) is 26.1. The second-order valence-corrected chi connectivity index (χ2v) is 7.19. The van der Waals surface area contributed by atoms with Crippen LogP contribution in [0.15, 0.2) is 65.8 Å². The number of hydrogen-bond acceptors (Lipinski definition) is 6. The predicted molar refractivity (Wildman–Crippen MR) is 86.7 cm³/mol. The molecule has 8 nitrogen and oxygen atoms in total. The number of rotatable bonds is 1. The molecule has 2 aromatic carbocycles. The Morgan fingerprint density at radius 3 is 2.04 bits per heavy atom. The first-order chi connectivity index (χ1) is 11.3. The lowest BCUT2D eigenvalue weighted by molar-refractivity contribution is 0.554. The normalized spacial score (nSPS) is 11.4. The first kappa shape index (κ1) is 16.1. The van der Waals surface area contributed by atoms with Crippen LogP contribution in [0, 0.1) is 0 Å². The van der Waals surface area contributed by atoms with Crippen molar-refractivity contribution in [3.63, 3.8) is 0 Å². The lowest BCUT2D eigenvalue weighted by atomic mass is 10.3. The number of aromatic nitrogens is 2. The van der Waals surface area contributed by atoms with E-state index in [4.69, 9.17) is 15.1 Å². The van der Waals surface area contributed by atoms with Gasteiger partial charge in [0.1, 0.15) is 0 Å². The molecular formula is C14H9ClN2O6S. The van der Waals surface area contributed by atoms with Crippen LogP contribution in [0.5, 0.6) is 0 Å². The Hall–Kier alpha value is -2.78. The highest BCUT2D eigenvalue weighted by atomic mass is 35.7. The van der Waals surface area contributed by atoms with E-state index in [2.05, 4.69) is 14.4 Å². The number of benzene rings is 2. The summed E-state index contributed by atoms with van der Waals surface area (Å²) in [5.41, 5.74) is 1.94. The Balaban J connectivity index is 0.000000149. The highest BCUT2D eigenvalue weighted by Gasteiger charge is 2.12. The maximum Gasteiger partial charge on any atom is 0.417 e. The van der Waals surface area contributed by atoms with Gasteiger partial charge in [0.25, 0.3) is 9.05 Å². The molecule has 0 amide bonds. The fourth-order valence-corrected chi connectivity index (χ4v) is 2.74. The number of H-pyrrole nitrogens is 2. The molecular weight excluding hydrogens is 360 g/mol. The van der Waals surface area contributed by atoms with Crippen LogP contribution < -0.4 is 11.5 Å². The molecule has 24 heavy (non-hydrogen) atoms. The highest BCUT2D eigenvalue weighted by molar-refractivity contribution is 8.13. The zero-order valence-corrected chi connectivity index (χ0v) is 13.3. The number of halogens is 1. The van der Waals surface area contributed by atoms with E-state index in [9.17, 15) is 18.0 Å². The molecule has 0 bridgehead atoms. The van der Waals surface area contributed by atoms with Gasteiger partial charge in [0, 0.05) is 16.7 Å². The molecule has 0 atom stereocenters. The van der Waals surface area contributed by atoms with Crippen molar-refractivity contribution >= 4 is 41.9 Å². The topological polar surface area (TPSA) is 126 Å². The van der Waals surface area contributed by atoms with Crippen LogP contribution in [0.25, 0.3) is 22.2 Å². The molecule has 0 radical (unpaired) electrons. The second kappa shape index (κ2) is 6.02.